The summed E-state index contributed by atoms with van der Waals surface area (Å²) in [5.41, 5.74) is 9.59. The summed E-state index contributed by atoms with van der Waals surface area (Å²) in [6.45, 7) is 5.73. The first-order valence-electron chi connectivity index (χ1n) is 7.27. The van der Waals surface area contributed by atoms with Crippen molar-refractivity contribution in [2.75, 3.05) is 20.2 Å². The monoisotopic (exact) mass is 262 g/mol. The number of likely N-dealkylation sites (N-methyl/N-ethyl adjacent to an activating group) is 1. The molecule has 0 radical (unpaired) electrons. The Hall–Kier alpha value is -0.900. The van der Waals surface area contributed by atoms with Gasteiger partial charge in [0.1, 0.15) is 0 Å². The number of aryl methyl sites for hydroxylation is 1. The van der Waals surface area contributed by atoms with Crippen molar-refractivity contribution in [1.82, 2.24) is 4.90 Å². The van der Waals surface area contributed by atoms with Gasteiger partial charge in [-0.1, -0.05) is 18.2 Å². The zero-order valence-electron chi connectivity index (χ0n) is 12.2. The molecular weight excluding hydrogens is 236 g/mol. The summed E-state index contributed by atoms with van der Waals surface area (Å²) in [6.07, 6.45) is 4.15. The SMILES string of the molecule is Cc1cc(CN)ccc1CN(C)CC1CCCCO1. The highest BCUT2D eigenvalue weighted by Crippen LogP contribution is 2.16. The molecule has 1 saturated heterocycles. The van der Waals surface area contributed by atoms with E-state index in [0.717, 1.165) is 19.7 Å². The molecule has 3 nitrogen and oxygen atoms in total. The Morgan fingerprint density at radius 2 is 2.21 bits per heavy atom. The van der Waals surface area contributed by atoms with Gasteiger partial charge in [-0.2, -0.15) is 0 Å². The highest BCUT2D eigenvalue weighted by molar-refractivity contribution is 5.30. The first-order chi connectivity index (χ1) is 9.19. The molecule has 0 spiro atoms. The van der Waals surface area contributed by atoms with Gasteiger partial charge >= 0.3 is 0 Å². The molecule has 0 aliphatic carbocycles. The van der Waals surface area contributed by atoms with Crippen molar-refractivity contribution in [3.05, 3.63) is 34.9 Å². The first kappa shape index (κ1) is 14.5. The van der Waals surface area contributed by atoms with E-state index in [1.54, 1.807) is 0 Å². The molecule has 3 heteroatoms. The molecule has 0 amide bonds. The zero-order valence-corrected chi connectivity index (χ0v) is 12.2. The minimum atomic E-state index is 0.419. The summed E-state index contributed by atoms with van der Waals surface area (Å²) in [7, 11) is 2.17. The minimum Gasteiger partial charge on any atom is -0.377 e. The summed E-state index contributed by atoms with van der Waals surface area (Å²) in [5.74, 6) is 0. The van der Waals surface area contributed by atoms with Crippen LogP contribution in [0.1, 0.15) is 36.0 Å². The predicted molar refractivity (Wildman–Crippen MR) is 79.0 cm³/mol. The highest BCUT2D eigenvalue weighted by Gasteiger charge is 2.16. The van der Waals surface area contributed by atoms with Gasteiger partial charge in [0.25, 0.3) is 0 Å². The largest absolute Gasteiger partial charge is 0.377 e. The maximum atomic E-state index is 5.79. The lowest BCUT2D eigenvalue weighted by atomic mass is 10.0. The van der Waals surface area contributed by atoms with Crippen LogP contribution in [0.4, 0.5) is 0 Å². The maximum absolute atomic E-state index is 5.79. The first-order valence-corrected chi connectivity index (χ1v) is 7.27. The van der Waals surface area contributed by atoms with Gasteiger partial charge in [0.15, 0.2) is 0 Å². The number of nitrogens with zero attached hydrogens (tertiary/aromatic N) is 1. The van der Waals surface area contributed by atoms with Crippen LogP contribution in [-0.2, 0) is 17.8 Å². The van der Waals surface area contributed by atoms with Crippen molar-refractivity contribution >= 4 is 0 Å². The number of hydrogen-bond acceptors (Lipinski definition) is 3. The molecule has 1 aliphatic heterocycles. The van der Waals surface area contributed by atoms with Crippen molar-refractivity contribution in [2.45, 2.75) is 45.4 Å². The molecule has 2 rings (SSSR count). The molecule has 1 aliphatic rings. The molecule has 1 unspecified atom stereocenters. The Morgan fingerprint density at radius 3 is 2.84 bits per heavy atom. The third-order valence-corrected chi connectivity index (χ3v) is 3.87. The third kappa shape index (κ3) is 4.30. The lowest BCUT2D eigenvalue weighted by Crippen LogP contribution is -2.33. The molecule has 0 saturated carbocycles. The van der Waals surface area contributed by atoms with E-state index in [1.807, 2.05) is 0 Å². The normalized spacial score (nSPS) is 19.9. The summed E-state index contributed by atoms with van der Waals surface area (Å²) in [5, 5.41) is 0. The fraction of sp³-hybridized carbons (Fsp3) is 0.625. The number of nitrogens with two attached hydrogens (primary N) is 1. The van der Waals surface area contributed by atoms with Crippen LogP contribution in [0.5, 0.6) is 0 Å². The van der Waals surface area contributed by atoms with Gasteiger partial charge in [0.2, 0.25) is 0 Å². The Morgan fingerprint density at radius 1 is 1.37 bits per heavy atom. The Labute approximate surface area is 116 Å². The highest BCUT2D eigenvalue weighted by atomic mass is 16.5. The molecule has 1 aromatic carbocycles. The van der Waals surface area contributed by atoms with E-state index >= 15 is 0 Å². The molecule has 19 heavy (non-hydrogen) atoms. The second kappa shape index (κ2) is 7.04. The van der Waals surface area contributed by atoms with E-state index in [1.165, 1.54) is 36.0 Å². The van der Waals surface area contributed by atoms with Gasteiger partial charge in [-0.3, -0.25) is 4.90 Å². The van der Waals surface area contributed by atoms with Crippen LogP contribution in [0.25, 0.3) is 0 Å². The molecule has 1 heterocycles. The summed E-state index contributed by atoms with van der Waals surface area (Å²) in [4.78, 5) is 2.36. The zero-order chi connectivity index (χ0) is 13.7. The number of hydrogen-bond donors (Lipinski definition) is 1. The van der Waals surface area contributed by atoms with E-state index in [9.17, 15) is 0 Å². The second-order valence-corrected chi connectivity index (χ2v) is 5.65. The molecule has 0 aromatic heterocycles. The van der Waals surface area contributed by atoms with Crippen molar-refractivity contribution in [1.29, 1.82) is 0 Å². The fourth-order valence-corrected chi connectivity index (χ4v) is 2.72. The van der Waals surface area contributed by atoms with E-state index in [2.05, 4.69) is 37.1 Å². The molecule has 2 N–H and O–H groups in total. The van der Waals surface area contributed by atoms with E-state index < -0.39 is 0 Å². The van der Waals surface area contributed by atoms with Crippen LogP contribution >= 0.6 is 0 Å². The molecule has 1 fully saturated rings. The van der Waals surface area contributed by atoms with E-state index in [0.29, 0.717) is 12.6 Å². The molecule has 1 aromatic rings. The Bertz CT molecular complexity index is 400. The standard InChI is InChI=1S/C16H26N2O/c1-13-9-14(10-17)6-7-15(13)11-18(2)12-16-5-3-4-8-19-16/h6-7,9,16H,3-5,8,10-12,17H2,1-2H3. The molecule has 0 bridgehead atoms. The summed E-state index contributed by atoms with van der Waals surface area (Å²) >= 11 is 0. The Balaban J connectivity index is 1.88. The van der Waals surface area contributed by atoms with Crippen LogP contribution in [0.3, 0.4) is 0 Å². The van der Waals surface area contributed by atoms with E-state index in [4.69, 9.17) is 10.5 Å². The quantitative estimate of drug-likeness (QED) is 0.886. The number of benzene rings is 1. The van der Waals surface area contributed by atoms with Gasteiger partial charge in [-0.15, -0.1) is 0 Å². The second-order valence-electron chi connectivity index (χ2n) is 5.65. The lowest BCUT2D eigenvalue weighted by Gasteiger charge is -2.27. The van der Waals surface area contributed by atoms with Gasteiger partial charge in [-0.05, 0) is 49.9 Å². The van der Waals surface area contributed by atoms with Crippen LogP contribution in [0, 0.1) is 6.92 Å². The average Bonchev–Trinajstić information content (AvgIpc) is 2.42. The van der Waals surface area contributed by atoms with Gasteiger partial charge < -0.3 is 10.5 Å². The molecule has 106 valence electrons. The smallest absolute Gasteiger partial charge is 0.0702 e. The Kier molecular flexibility index (Phi) is 5.37. The van der Waals surface area contributed by atoms with Crippen LogP contribution < -0.4 is 5.73 Å². The van der Waals surface area contributed by atoms with Gasteiger partial charge in [-0.25, -0.2) is 0 Å². The predicted octanol–water partition coefficient (Wildman–Crippen LogP) is 2.45. The van der Waals surface area contributed by atoms with Crippen molar-refractivity contribution in [3.63, 3.8) is 0 Å². The summed E-state index contributed by atoms with van der Waals surface area (Å²) < 4.78 is 5.79. The van der Waals surface area contributed by atoms with Gasteiger partial charge in [0, 0.05) is 26.2 Å². The van der Waals surface area contributed by atoms with Crippen LogP contribution in [0.2, 0.25) is 0 Å². The van der Waals surface area contributed by atoms with Crippen LogP contribution in [-0.4, -0.2) is 31.2 Å². The van der Waals surface area contributed by atoms with E-state index in [-0.39, 0.29) is 0 Å². The molecular formula is C16H26N2O. The fourth-order valence-electron chi connectivity index (χ4n) is 2.72. The summed E-state index contributed by atoms with van der Waals surface area (Å²) in [6, 6.07) is 6.53. The third-order valence-electron chi connectivity index (χ3n) is 3.87. The maximum Gasteiger partial charge on any atom is 0.0702 e. The van der Waals surface area contributed by atoms with Crippen molar-refractivity contribution < 1.29 is 4.74 Å². The minimum absolute atomic E-state index is 0.419. The van der Waals surface area contributed by atoms with Crippen LogP contribution in [0.15, 0.2) is 18.2 Å². The topological polar surface area (TPSA) is 38.5 Å². The van der Waals surface area contributed by atoms with Crippen molar-refractivity contribution in [2.24, 2.45) is 5.73 Å². The lowest BCUT2D eigenvalue weighted by molar-refractivity contribution is -0.00261. The average molecular weight is 262 g/mol. The van der Waals surface area contributed by atoms with Crippen molar-refractivity contribution in [3.8, 4) is 0 Å². The number of rotatable bonds is 5. The number of ether oxygens (including phenoxy) is 1. The molecule has 1 atom stereocenters. The van der Waals surface area contributed by atoms with Gasteiger partial charge in [0.05, 0.1) is 6.10 Å².